The lowest BCUT2D eigenvalue weighted by Gasteiger charge is -2.21. The molecule has 1 amide bonds. The lowest BCUT2D eigenvalue weighted by atomic mass is 10.5. The zero-order valence-electron chi connectivity index (χ0n) is 5.70. The zero-order valence-corrected chi connectivity index (χ0v) is 5.70. The Bertz CT molecular complexity index is 131. The molecular formula is C5H8F3NO. The number of carbonyl (C=O) groups excluding carboxylic acids is 1. The Labute approximate surface area is 56.6 Å². The maximum absolute atomic E-state index is 11.7. The van der Waals surface area contributed by atoms with E-state index in [-0.39, 0.29) is 11.4 Å². The van der Waals surface area contributed by atoms with Gasteiger partial charge in [0.05, 0.1) is 0 Å². The molecule has 0 saturated heterocycles. The van der Waals surface area contributed by atoms with Crippen molar-refractivity contribution < 1.29 is 18.0 Å². The topological polar surface area (TPSA) is 20.3 Å². The molecule has 2 nitrogen and oxygen atoms in total. The van der Waals surface area contributed by atoms with Crippen LogP contribution in [0, 0.1) is 0 Å². The van der Waals surface area contributed by atoms with Crippen molar-refractivity contribution in [1.29, 1.82) is 0 Å². The summed E-state index contributed by atoms with van der Waals surface area (Å²) in [5.41, 5.74) is 0. The second-order valence-corrected chi connectivity index (χ2v) is 1.73. The summed E-state index contributed by atoms with van der Waals surface area (Å²) in [7, 11) is 0. The number of carbonyl (C=O) groups is 1. The van der Waals surface area contributed by atoms with Crippen LogP contribution in [0.4, 0.5) is 13.2 Å². The maximum atomic E-state index is 11.7. The first-order chi connectivity index (χ1) is 4.39. The maximum Gasteiger partial charge on any atom is 0.487 e. The number of halogens is 3. The van der Waals surface area contributed by atoms with E-state index >= 15 is 0 Å². The van der Waals surface area contributed by atoms with Crippen molar-refractivity contribution >= 4 is 5.91 Å². The fourth-order valence-electron chi connectivity index (χ4n) is 0.580. The molecule has 0 aliphatic rings. The minimum absolute atomic E-state index is 0.160. The van der Waals surface area contributed by atoms with Crippen LogP contribution >= 0.6 is 0 Å². The summed E-state index contributed by atoms with van der Waals surface area (Å²) < 4.78 is 35.0. The number of nitrogens with zero attached hydrogens (tertiary/aromatic N) is 1. The van der Waals surface area contributed by atoms with Crippen molar-refractivity contribution in [2.24, 2.45) is 0 Å². The van der Waals surface area contributed by atoms with E-state index in [0.717, 1.165) is 6.92 Å². The van der Waals surface area contributed by atoms with Gasteiger partial charge in [-0.2, -0.15) is 0 Å². The summed E-state index contributed by atoms with van der Waals surface area (Å²) in [6.45, 7) is 1.82. The van der Waals surface area contributed by atoms with Crippen LogP contribution in [0.2, 0.25) is 0 Å². The number of hydrogen-bond donors (Lipinski definition) is 0. The molecule has 60 valence electrons. The second kappa shape index (κ2) is 2.90. The predicted molar refractivity (Wildman–Crippen MR) is 29.1 cm³/mol. The summed E-state index contributed by atoms with van der Waals surface area (Å²) in [6.07, 6.45) is -4.53. The van der Waals surface area contributed by atoms with E-state index in [2.05, 4.69) is 0 Å². The molecule has 0 heterocycles. The molecular weight excluding hydrogens is 147 g/mol. The van der Waals surface area contributed by atoms with Gasteiger partial charge >= 0.3 is 6.30 Å². The van der Waals surface area contributed by atoms with Crippen molar-refractivity contribution in [3.05, 3.63) is 0 Å². The fourth-order valence-corrected chi connectivity index (χ4v) is 0.580. The number of amides is 1. The minimum atomic E-state index is -4.53. The van der Waals surface area contributed by atoms with Crippen LogP contribution in [-0.4, -0.2) is 23.7 Å². The largest absolute Gasteiger partial charge is 0.487 e. The summed E-state index contributed by atoms with van der Waals surface area (Å²) in [5, 5.41) is 0. The SMILES string of the molecule is CCN(C(C)=O)C(F)(F)F. The van der Waals surface area contributed by atoms with Crippen molar-refractivity contribution in [3.8, 4) is 0 Å². The highest BCUT2D eigenvalue weighted by atomic mass is 19.4. The van der Waals surface area contributed by atoms with E-state index in [0.29, 0.717) is 0 Å². The smallest absolute Gasteiger partial charge is 0.275 e. The normalized spacial score (nSPS) is 11.3. The molecule has 0 fully saturated rings. The van der Waals surface area contributed by atoms with Crippen molar-refractivity contribution in [3.63, 3.8) is 0 Å². The molecule has 0 aliphatic carbocycles. The van der Waals surface area contributed by atoms with Crippen LogP contribution in [0.25, 0.3) is 0 Å². The van der Waals surface area contributed by atoms with Crippen molar-refractivity contribution in [1.82, 2.24) is 4.90 Å². The highest BCUT2D eigenvalue weighted by Gasteiger charge is 2.37. The van der Waals surface area contributed by atoms with Crippen LogP contribution in [0.5, 0.6) is 0 Å². The third kappa shape index (κ3) is 2.24. The Morgan fingerprint density at radius 1 is 1.50 bits per heavy atom. The summed E-state index contributed by atoms with van der Waals surface area (Å²) in [4.78, 5) is 10.1. The van der Waals surface area contributed by atoms with Gasteiger partial charge in [0, 0.05) is 13.5 Å². The highest BCUT2D eigenvalue weighted by molar-refractivity contribution is 5.73. The van der Waals surface area contributed by atoms with E-state index < -0.39 is 12.2 Å². The Hall–Kier alpha value is -0.740. The monoisotopic (exact) mass is 155 g/mol. The van der Waals surface area contributed by atoms with Gasteiger partial charge < -0.3 is 0 Å². The summed E-state index contributed by atoms with van der Waals surface area (Å²) in [6, 6.07) is 0. The van der Waals surface area contributed by atoms with Crippen LogP contribution in [0.15, 0.2) is 0 Å². The van der Waals surface area contributed by atoms with Gasteiger partial charge in [0.2, 0.25) is 5.91 Å². The predicted octanol–water partition coefficient (Wildman–Crippen LogP) is 1.37. The number of hydrogen-bond acceptors (Lipinski definition) is 1. The standard InChI is InChI=1S/C5H8F3NO/c1-3-9(4(2)10)5(6,7)8/h3H2,1-2H3. The molecule has 0 unspecified atom stereocenters. The quantitative estimate of drug-likeness (QED) is 0.524. The zero-order chi connectivity index (χ0) is 8.36. The summed E-state index contributed by atoms with van der Waals surface area (Å²) >= 11 is 0. The minimum Gasteiger partial charge on any atom is -0.275 e. The first kappa shape index (κ1) is 9.26. The highest BCUT2D eigenvalue weighted by Crippen LogP contribution is 2.20. The molecule has 0 N–H and O–H groups in total. The van der Waals surface area contributed by atoms with Gasteiger partial charge in [-0.1, -0.05) is 0 Å². The molecule has 0 aromatic rings. The molecule has 0 spiro atoms. The van der Waals surface area contributed by atoms with E-state index in [9.17, 15) is 18.0 Å². The Balaban J connectivity index is 4.22. The van der Waals surface area contributed by atoms with Gasteiger partial charge in [-0.3, -0.25) is 9.69 Å². The van der Waals surface area contributed by atoms with E-state index in [1.54, 1.807) is 0 Å². The number of alkyl halides is 3. The Kier molecular flexibility index (Phi) is 2.68. The van der Waals surface area contributed by atoms with E-state index in [1.807, 2.05) is 0 Å². The van der Waals surface area contributed by atoms with E-state index in [1.165, 1.54) is 6.92 Å². The molecule has 0 bridgehead atoms. The molecule has 0 aromatic carbocycles. The third-order valence-corrected chi connectivity index (χ3v) is 1.00. The van der Waals surface area contributed by atoms with Gasteiger partial charge in [0.1, 0.15) is 0 Å². The average Bonchev–Trinajstić information content (AvgIpc) is 1.60. The number of rotatable bonds is 1. The fraction of sp³-hybridized carbons (Fsp3) is 0.800. The van der Waals surface area contributed by atoms with Gasteiger partial charge in [-0.15, -0.1) is 13.2 Å². The molecule has 0 aliphatic heterocycles. The lowest BCUT2D eigenvalue weighted by Crippen LogP contribution is -2.41. The average molecular weight is 155 g/mol. The molecule has 0 atom stereocenters. The lowest BCUT2D eigenvalue weighted by molar-refractivity contribution is -0.238. The van der Waals surface area contributed by atoms with Crippen LogP contribution in [0.1, 0.15) is 13.8 Å². The molecule has 5 heteroatoms. The van der Waals surface area contributed by atoms with Crippen molar-refractivity contribution in [2.45, 2.75) is 20.1 Å². The van der Waals surface area contributed by atoms with Gasteiger partial charge in [-0.25, -0.2) is 0 Å². The molecule has 0 aromatic heterocycles. The van der Waals surface area contributed by atoms with Gasteiger partial charge in [0.15, 0.2) is 0 Å². The second-order valence-electron chi connectivity index (χ2n) is 1.73. The van der Waals surface area contributed by atoms with Gasteiger partial charge in [0.25, 0.3) is 0 Å². The third-order valence-electron chi connectivity index (χ3n) is 1.00. The van der Waals surface area contributed by atoms with Crippen molar-refractivity contribution in [2.75, 3.05) is 6.54 Å². The van der Waals surface area contributed by atoms with Crippen LogP contribution < -0.4 is 0 Å². The molecule has 0 saturated carbocycles. The Morgan fingerprint density at radius 3 is 1.90 bits per heavy atom. The van der Waals surface area contributed by atoms with Crippen LogP contribution in [0.3, 0.4) is 0 Å². The summed E-state index contributed by atoms with van der Waals surface area (Å²) in [5.74, 6) is -0.977. The molecule has 0 rings (SSSR count). The van der Waals surface area contributed by atoms with E-state index in [4.69, 9.17) is 0 Å². The van der Waals surface area contributed by atoms with Gasteiger partial charge in [-0.05, 0) is 6.92 Å². The molecule has 0 radical (unpaired) electrons. The first-order valence-electron chi connectivity index (χ1n) is 2.74. The molecule has 10 heavy (non-hydrogen) atoms. The Morgan fingerprint density at radius 2 is 1.90 bits per heavy atom. The van der Waals surface area contributed by atoms with Crippen LogP contribution in [-0.2, 0) is 4.79 Å². The first-order valence-corrected chi connectivity index (χ1v) is 2.74.